The van der Waals surface area contributed by atoms with E-state index in [4.69, 9.17) is 4.74 Å². The van der Waals surface area contributed by atoms with Crippen LogP contribution in [0, 0.1) is 19.7 Å². The van der Waals surface area contributed by atoms with Crippen molar-refractivity contribution in [3.8, 4) is 0 Å². The number of thioether (sulfide) groups is 1. The second-order valence-corrected chi connectivity index (χ2v) is 8.35. The summed E-state index contributed by atoms with van der Waals surface area (Å²) in [6.45, 7) is 7.07. The molecule has 7 heteroatoms. The van der Waals surface area contributed by atoms with Crippen LogP contribution in [-0.4, -0.2) is 48.7 Å². The van der Waals surface area contributed by atoms with Crippen molar-refractivity contribution in [2.24, 2.45) is 4.99 Å². The van der Waals surface area contributed by atoms with E-state index in [0.717, 1.165) is 29.8 Å². The van der Waals surface area contributed by atoms with E-state index in [-0.39, 0.29) is 11.4 Å². The van der Waals surface area contributed by atoms with E-state index in [0.29, 0.717) is 42.6 Å². The highest BCUT2D eigenvalue weighted by molar-refractivity contribution is 7.99. The molecule has 0 unspecified atom stereocenters. The smallest absolute Gasteiger partial charge is 0.254 e. The molecule has 0 aliphatic carbocycles. The summed E-state index contributed by atoms with van der Waals surface area (Å²) in [4.78, 5) is 7.32. The standard InChI is InChI=1S/C22H25F3N2OS/c1-15-4-6-17(7-5-15)21(27-8-10-28-11-9-27)26-19-13-20(16(2)12-18(19)23)29-14-22(3,24)25/h4-7,12-13H,8-11,14H2,1-3H3/b26-21-. The van der Waals surface area contributed by atoms with Crippen LogP contribution in [0.1, 0.15) is 23.6 Å². The third-order valence-corrected chi connectivity index (χ3v) is 5.97. The number of rotatable bonds is 5. The Morgan fingerprint density at radius 3 is 2.41 bits per heavy atom. The molecule has 1 aliphatic heterocycles. The summed E-state index contributed by atoms with van der Waals surface area (Å²) in [5, 5.41) is 0. The zero-order chi connectivity index (χ0) is 21.0. The molecule has 0 atom stereocenters. The van der Waals surface area contributed by atoms with Crippen LogP contribution >= 0.6 is 11.8 Å². The molecule has 0 radical (unpaired) electrons. The minimum absolute atomic E-state index is 0.152. The third kappa shape index (κ3) is 6.00. The number of amidine groups is 1. The van der Waals surface area contributed by atoms with E-state index in [1.165, 1.54) is 6.07 Å². The molecule has 2 aromatic carbocycles. The summed E-state index contributed by atoms with van der Waals surface area (Å²) in [5.41, 5.74) is 2.78. The maximum Gasteiger partial charge on any atom is 0.254 e. The Morgan fingerprint density at radius 2 is 1.79 bits per heavy atom. The lowest BCUT2D eigenvalue weighted by Gasteiger charge is -2.30. The molecule has 0 amide bonds. The number of ether oxygens (including phenoxy) is 1. The second kappa shape index (κ2) is 9.22. The summed E-state index contributed by atoms with van der Waals surface area (Å²) in [7, 11) is 0. The van der Waals surface area contributed by atoms with Crippen LogP contribution in [0.25, 0.3) is 0 Å². The van der Waals surface area contributed by atoms with Gasteiger partial charge in [0.05, 0.1) is 19.0 Å². The zero-order valence-electron chi connectivity index (χ0n) is 16.8. The number of benzene rings is 2. The molecule has 1 fully saturated rings. The molecule has 3 nitrogen and oxygen atoms in total. The van der Waals surface area contributed by atoms with Gasteiger partial charge in [0.2, 0.25) is 0 Å². The third-order valence-electron chi connectivity index (χ3n) is 4.57. The molecular weight excluding hydrogens is 397 g/mol. The molecule has 29 heavy (non-hydrogen) atoms. The SMILES string of the molecule is Cc1ccc(/C(=N/c2cc(SCC(C)(F)F)c(C)cc2F)N2CCOCC2)cc1. The predicted molar refractivity (Wildman–Crippen MR) is 112 cm³/mol. The molecule has 0 spiro atoms. The minimum Gasteiger partial charge on any atom is -0.378 e. The van der Waals surface area contributed by atoms with Gasteiger partial charge in [0.1, 0.15) is 17.3 Å². The highest BCUT2D eigenvalue weighted by Gasteiger charge is 2.23. The molecule has 0 N–H and O–H groups in total. The van der Waals surface area contributed by atoms with Gasteiger partial charge < -0.3 is 9.64 Å². The highest BCUT2D eigenvalue weighted by Crippen LogP contribution is 2.33. The molecule has 1 saturated heterocycles. The predicted octanol–water partition coefficient (Wildman–Crippen LogP) is 5.60. The molecule has 2 aromatic rings. The van der Waals surface area contributed by atoms with Gasteiger partial charge in [-0.05, 0) is 31.5 Å². The lowest BCUT2D eigenvalue weighted by molar-refractivity contribution is 0.0492. The van der Waals surface area contributed by atoms with Gasteiger partial charge >= 0.3 is 0 Å². The Balaban J connectivity index is 2.00. The van der Waals surface area contributed by atoms with Crippen molar-refractivity contribution in [3.63, 3.8) is 0 Å². The number of nitrogens with zero attached hydrogens (tertiary/aromatic N) is 2. The largest absolute Gasteiger partial charge is 0.378 e. The molecule has 1 aliphatic rings. The maximum atomic E-state index is 14.7. The van der Waals surface area contributed by atoms with Gasteiger partial charge in [0.25, 0.3) is 5.92 Å². The number of hydrogen-bond donors (Lipinski definition) is 0. The number of alkyl halides is 2. The fourth-order valence-electron chi connectivity index (χ4n) is 3.00. The van der Waals surface area contributed by atoms with Crippen molar-refractivity contribution in [1.29, 1.82) is 0 Å². The summed E-state index contributed by atoms with van der Waals surface area (Å²) in [6.07, 6.45) is 0. The van der Waals surface area contributed by atoms with E-state index in [9.17, 15) is 13.2 Å². The minimum atomic E-state index is -2.80. The van der Waals surface area contributed by atoms with Crippen LogP contribution in [0.4, 0.5) is 18.9 Å². The van der Waals surface area contributed by atoms with Crippen molar-refractivity contribution >= 4 is 23.3 Å². The molecule has 0 bridgehead atoms. The normalized spacial score (nSPS) is 15.7. The second-order valence-electron chi connectivity index (χ2n) is 7.33. The monoisotopic (exact) mass is 422 g/mol. The molecule has 3 rings (SSSR count). The van der Waals surface area contributed by atoms with Crippen molar-refractivity contribution < 1.29 is 17.9 Å². The van der Waals surface area contributed by atoms with Gasteiger partial charge in [-0.25, -0.2) is 18.2 Å². The van der Waals surface area contributed by atoms with Crippen molar-refractivity contribution in [1.82, 2.24) is 4.90 Å². The van der Waals surface area contributed by atoms with Gasteiger partial charge in [0, 0.05) is 30.5 Å². The first-order valence-electron chi connectivity index (χ1n) is 9.52. The Kier molecular flexibility index (Phi) is 6.90. The maximum absolute atomic E-state index is 14.7. The quantitative estimate of drug-likeness (QED) is 0.356. The van der Waals surface area contributed by atoms with Gasteiger partial charge in [-0.2, -0.15) is 0 Å². The summed E-state index contributed by atoms with van der Waals surface area (Å²) in [5.74, 6) is -2.96. The van der Waals surface area contributed by atoms with E-state index >= 15 is 0 Å². The Labute approximate surface area is 174 Å². The molecule has 1 heterocycles. The zero-order valence-corrected chi connectivity index (χ0v) is 17.7. The van der Waals surface area contributed by atoms with Crippen molar-refractivity contribution in [2.75, 3.05) is 32.1 Å². The molecule has 0 saturated carbocycles. The van der Waals surface area contributed by atoms with Crippen LogP contribution in [0.15, 0.2) is 46.3 Å². The Hall–Kier alpha value is -1.99. The Bertz CT molecular complexity index is 873. The van der Waals surface area contributed by atoms with Crippen LogP contribution in [0.5, 0.6) is 0 Å². The number of aryl methyl sites for hydroxylation is 2. The van der Waals surface area contributed by atoms with Gasteiger partial charge in [-0.3, -0.25) is 0 Å². The first kappa shape index (κ1) is 21.7. The van der Waals surface area contributed by atoms with Crippen LogP contribution in [0.2, 0.25) is 0 Å². The van der Waals surface area contributed by atoms with Crippen LogP contribution in [0.3, 0.4) is 0 Å². The van der Waals surface area contributed by atoms with Gasteiger partial charge in [-0.15, -0.1) is 11.8 Å². The van der Waals surface area contributed by atoms with Crippen LogP contribution < -0.4 is 0 Å². The van der Waals surface area contributed by atoms with Crippen LogP contribution in [-0.2, 0) is 4.74 Å². The average molecular weight is 423 g/mol. The first-order valence-corrected chi connectivity index (χ1v) is 10.5. The number of aliphatic imine (C=N–C) groups is 1. The summed E-state index contributed by atoms with van der Waals surface area (Å²) >= 11 is 1.02. The van der Waals surface area contributed by atoms with E-state index in [2.05, 4.69) is 9.89 Å². The molecule has 0 aromatic heterocycles. The van der Waals surface area contributed by atoms with E-state index < -0.39 is 11.7 Å². The fraction of sp³-hybridized carbons (Fsp3) is 0.409. The van der Waals surface area contributed by atoms with E-state index in [1.807, 2.05) is 31.2 Å². The highest BCUT2D eigenvalue weighted by atomic mass is 32.2. The fourth-order valence-corrected chi connectivity index (χ4v) is 3.89. The van der Waals surface area contributed by atoms with E-state index in [1.54, 1.807) is 13.0 Å². The average Bonchev–Trinajstić information content (AvgIpc) is 2.67. The lowest BCUT2D eigenvalue weighted by atomic mass is 10.1. The van der Waals surface area contributed by atoms with Crippen molar-refractivity contribution in [3.05, 3.63) is 58.9 Å². The summed E-state index contributed by atoms with van der Waals surface area (Å²) in [6, 6.07) is 10.8. The summed E-state index contributed by atoms with van der Waals surface area (Å²) < 4.78 is 46.7. The molecule has 156 valence electrons. The molecular formula is C22H25F3N2OS. The van der Waals surface area contributed by atoms with Crippen molar-refractivity contribution in [2.45, 2.75) is 31.6 Å². The number of halogens is 3. The first-order chi connectivity index (χ1) is 13.7. The lowest BCUT2D eigenvalue weighted by Crippen LogP contribution is -2.41. The topological polar surface area (TPSA) is 24.8 Å². The van der Waals surface area contributed by atoms with Gasteiger partial charge in [0.15, 0.2) is 0 Å². The Morgan fingerprint density at radius 1 is 1.14 bits per heavy atom. The number of hydrogen-bond acceptors (Lipinski definition) is 3. The number of morpholine rings is 1. The van der Waals surface area contributed by atoms with Gasteiger partial charge in [-0.1, -0.05) is 29.8 Å².